The number of aliphatic hydroxyl groups excluding tert-OH is 1. The lowest BCUT2D eigenvalue weighted by Crippen LogP contribution is -2.38. The third kappa shape index (κ3) is 7.76. The van der Waals surface area contributed by atoms with Crippen LogP contribution in [-0.4, -0.2) is 36.1 Å². The summed E-state index contributed by atoms with van der Waals surface area (Å²) >= 11 is 0. The molecule has 2 N–H and O–H groups in total. The second-order valence-electron chi connectivity index (χ2n) is 5.54. The highest BCUT2D eigenvalue weighted by Gasteiger charge is 2.16. The molecule has 1 aromatic rings. The molecule has 0 bridgehead atoms. The molecule has 0 saturated carbocycles. The highest BCUT2D eigenvalue weighted by molar-refractivity contribution is 5.67. The SMILES string of the molecule is CC(C)(C)OC(=O)NCC(O)COCc1ccccc1. The third-order valence-corrected chi connectivity index (χ3v) is 2.30. The van der Waals surface area contributed by atoms with E-state index in [-0.39, 0.29) is 13.2 Å². The Labute approximate surface area is 119 Å². The van der Waals surface area contributed by atoms with Gasteiger partial charge in [0.15, 0.2) is 0 Å². The normalized spacial score (nSPS) is 12.8. The molecule has 1 aromatic carbocycles. The van der Waals surface area contributed by atoms with E-state index in [0.29, 0.717) is 6.61 Å². The first-order valence-corrected chi connectivity index (χ1v) is 6.63. The number of alkyl carbamates (subject to hydrolysis) is 1. The van der Waals surface area contributed by atoms with Crippen LogP contribution in [0.3, 0.4) is 0 Å². The van der Waals surface area contributed by atoms with E-state index in [1.807, 2.05) is 30.3 Å². The summed E-state index contributed by atoms with van der Waals surface area (Å²) in [6.45, 7) is 6.04. The Bertz CT molecular complexity index is 400. The van der Waals surface area contributed by atoms with Crippen LogP contribution in [0.5, 0.6) is 0 Å². The van der Waals surface area contributed by atoms with E-state index in [1.165, 1.54) is 0 Å². The Hall–Kier alpha value is -1.59. The van der Waals surface area contributed by atoms with Crippen LogP contribution in [0.4, 0.5) is 4.79 Å². The third-order valence-electron chi connectivity index (χ3n) is 2.30. The Kier molecular flexibility index (Phi) is 6.48. The molecule has 1 rings (SSSR count). The lowest BCUT2D eigenvalue weighted by atomic mass is 10.2. The zero-order chi connectivity index (χ0) is 15.0. The van der Waals surface area contributed by atoms with Crippen LogP contribution in [0.25, 0.3) is 0 Å². The van der Waals surface area contributed by atoms with Gasteiger partial charge in [0, 0.05) is 6.54 Å². The fourth-order valence-electron chi connectivity index (χ4n) is 1.46. The van der Waals surface area contributed by atoms with E-state index >= 15 is 0 Å². The molecule has 20 heavy (non-hydrogen) atoms. The van der Waals surface area contributed by atoms with Gasteiger partial charge in [0.25, 0.3) is 0 Å². The van der Waals surface area contributed by atoms with Crippen molar-refractivity contribution in [1.82, 2.24) is 5.32 Å². The highest BCUT2D eigenvalue weighted by atomic mass is 16.6. The molecule has 5 nitrogen and oxygen atoms in total. The summed E-state index contributed by atoms with van der Waals surface area (Å²) in [5, 5.41) is 12.2. The average Bonchev–Trinajstić information content (AvgIpc) is 2.36. The quantitative estimate of drug-likeness (QED) is 0.838. The molecule has 0 spiro atoms. The number of aliphatic hydroxyl groups is 1. The molecule has 1 atom stereocenters. The Morgan fingerprint density at radius 2 is 1.95 bits per heavy atom. The minimum absolute atomic E-state index is 0.101. The Morgan fingerprint density at radius 1 is 1.30 bits per heavy atom. The van der Waals surface area contributed by atoms with Gasteiger partial charge in [0.1, 0.15) is 5.60 Å². The molecule has 5 heteroatoms. The van der Waals surface area contributed by atoms with Crippen molar-refractivity contribution in [2.24, 2.45) is 0 Å². The van der Waals surface area contributed by atoms with Crippen LogP contribution in [-0.2, 0) is 16.1 Å². The van der Waals surface area contributed by atoms with E-state index in [0.717, 1.165) is 5.56 Å². The number of rotatable bonds is 6. The molecule has 0 aromatic heterocycles. The zero-order valence-corrected chi connectivity index (χ0v) is 12.3. The fraction of sp³-hybridized carbons (Fsp3) is 0.533. The van der Waals surface area contributed by atoms with Gasteiger partial charge in [-0.15, -0.1) is 0 Å². The largest absolute Gasteiger partial charge is 0.444 e. The number of hydrogen-bond donors (Lipinski definition) is 2. The standard InChI is InChI=1S/C15H23NO4/c1-15(2,3)20-14(18)16-9-13(17)11-19-10-12-7-5-4-6-8-12/h4-8,13,17H,9-11H2,1-3H3,(H,16,18). The summed E-state index contributed by atoms with van der Waals surface area (Å²) in [5.41, 5.74) is 0.499. The number of amides is 1. The lowest BCUT2D eigenvalue weighted by Gasteiger charge is -2.20. The van der Waals surface area contributed by atoms with E-state index in [9.17, 15) is 9.90 Å². The Balaban J connectivity index is 2.14. The summed E-state index contributed by atoms with van der Waals surface area (Å²) in [6.07, 6.45) is -1.30. The number of benzene rings is 1. The highest BCUT2D eigenvalue weighted by Crippen LogP contribution is 2.06. The molecular formula is C15H23NO4. The van der Waals surface area contributed by atoms with Gasteiger partial charge in [-0.3, -0.25) is 0 Å². The van der Waals surface area contributed by atoms with E-state index < -0.39 is 17.8 Å². The number of carbonyl (C=O) groups excluding carboxylic acids is 1. The van der Waals surface area contributed by atoms with Gasteiger partial charge in [-0.05, 0) is 26.3 Å². The molecule has 0 aliphatic carbocycles. The lowest BCUT2D eigenvalue weighted by molar-refractivity contribution is 0.0219. The average molecular weight is 281 g/mol. The second-order valence-corrected chi connectivity index (χ2v) is 5.54. The van der Waals surface area contributed by atoms with Gasteiger partial charge < -0.3 is 19.9 Å². The van der Waals surface area contributed by atoms with Crippen molar-refractivity contribution in [3.8, 4) is 0 Å². The van der Waals surface area contributed by atoms with Gasteiger partial charge in [0.2, 0.25) is 0 Å². The molecule has 0 aliphatic heterocycles. The molecule has 112 valence electrons. The summed E-state index contributed by atoms with van der Waals surface area (Å²) in [7, 11) is 0. The van der Waals surface area contributed by atoms with Gasteiger partial charge in [-0.1, -0.05) is 30.3 Å². The van der Waals surface area contributed by atoms with Crippen molar-refractivity contribution in [1.29, 1.82) is 0 Å². The molecule has 1 unspecified atom stereocenters. The molecule has 0 radical (unpaired) electrons. The molecule has 0 saturated heterocycles. The molecule has 1 amide bonds. The first-order chi connectivity index (χ1) is 9.37. The fourth-order valence-corrected chi connectivity index (χ4v) is 1.46. The van der Waals surface area contributed by atoms with Gasteiger partial charge >= 0.3 is 6.09 Å². The number of ether oxygens (including phenoxy) is 2. The van der Waals surface area contributed by atoms with Crippen molar-refractivity contribution in [3.63, 3.8) is 0 Å². The van der Waals surface area contributed by atoms with Gasteiger partial charge in [-0.25, -0.2) is 4.79 Å². The summed E-state index contributed by atoms with van der Waals surface area (Å²) in [6, 6.07) is 9.69. The maximum atomic E-state index is 11.4. The smallest absolute Gasteiger partial charge is 0.407 e. The molecule has 0 heterocycles. The first-order valence-electron chi connectivity index (χ1n) is 6.63. The second kappa shape index (κ2) is 7.87. The number of nitrogens with one attached hydrogen (secondary N) is 1. The van der Waals surface area contributed by atoms with Gasteiger partial charge in [0.05, 0.1) is 19.3 Å². The van der Waals surface area contributed by atoms with Crippen LogP contribution >= 0.6 is 0 Å². The molecule has 0 aliphatic rings. The Morgan fingerprint density at radius 3 is 2.55 bits per heavy atom. The van der Waals surface area contributed by atoms with E-state index in [1.54, 1.807) is 20.8 Å². The van der Waals surface area contributed by atoms with Crippen molar-refractivity contribution < 1.29 is 19.4 Å². The summed E-state index contributed by atoms with van der Waals surface area (Å²) < 4.78 is 10.4. The predicted molar refractivity (Wildman–Crippen MR) is 76.3 cm³/mol. The van der Waals surface area contributed by atoms with E-state index in [2.05, 4.69) is 5.32 Å². The van der Waals surface area contributed by atoms with Crippen LogP contribution in [0.15, 0.2) is 30.3 Å². The van der Waals surface area contributed by atoms with Crippen molar-refractivity contribution in [2.45, 2.75) is 39.1 Å². The zero-order valence-electron chi connectivity index (χ0n) is 12.3. The first kappa shape index (κ1) is 16.5. The van der Waals surface area contributed by atoms with Crippen LogP contribution in [0.1, 0.15) is 26.3 Å². The summed E-state index contributed by atoms with van der Waals surface area (Å²) in [5.74, 6) is 0. The van der Waals surface area contributed by atoms with Crippen LogP contribution in [0, 0.1) is 0 Å². The monoisotopic (exact) mass is 281 g/mol. The minimum atomic E-state index is -0.758. The predicted octanol–water partition coefficient (Wildman–Crippen LogP) is 2.09. The van der Waals surface area contributed by atoms with Crippen molar-refractivity contribution in [2.75, 3.05) is 13.2 Å². The number of hydrogen-bond acceptors (Lipinski definition) is 4. The maximum Gasteiger partial charge on any atom is 0.407 e. The summed E-state index contributed by atoms with van der Waals surface area (Å²) in [4.78, 5) is 11.4. The maximum absolute atomic E-state index is 11.4. The minimum Gasteiger partial charge on any atom is -0.444 e. The topological polar surface area (TPSA) is 67.8 Å². The van der Waals surface area contributed by atoms with E-state index in [4.69, 9.17) is 9.47 Å². The molecule has 0 fully saturated rings. The van der Waals surface area contributed by atoms with Crippen molar-refractivity contribution in [3.05, 3.63) is 35.9 Å². The van der Waals surface area contributed by atoms with Crippen LogP contribution < -0.4 is 5.32 Å². The van der Waals surface area contributed by atoms with Crippen molar-refractivity contribution >= 4 is 6.09 Å². The van der Waals surface area contributed by atoms with Crippen LogP contribution in [0.2, 0.25) is 0 Å². The van der Waals surface area contributed by atoms with Gasteiger partial charge in [-0.2, -0.15) is 0 Å². The number of carbonyl (C=O) groups is 1. The molecular weight excluding hydrogens is 258 g/mol.